The number of rotatable bonds is 9. The predicted octanol–water partition coefficient (Wildman–Crippen LogP) is 3.79. The van der Waals surface area contributed by atoms with E-state index in [1.165, 1.54) is 5.56 Å². The Morgan fingerprint density at radius 2 is 1.68 bits per heavy atom. The van der Waals surface area contributed by atoms with Crippen molar-refractivity contribution in [3.05, 3.63) is 28.8 Å². The molecule has 1 aromatic rings. The lowest BCUT2D eigenvalue weighted by atomic mass is 10.1. The molecule has 0 N–H and O–H groups in total. The standard InChI is InChI=1S/C20H34N2O3/c1-8-22(9-2)10-11-24-20(23)21(7)18(6)14-25-19-16(4)12-15(3)13-17(19)5/h12-13,18H,8-11,14H2,1-7H3. The molecule has 0 bridgehead atoms. The molecule has 5 heteroatoms. The summed E-state index contributed by atoms with van der Waals surface area (Å²) in [4.78, 5) is 16.0. The zero-order valence-electron chi connectivity index (χ0n) is 16.9. The quantitative estimate of drug-likeness (QED) is 0.679. The summed E-state index contributed by atoms with van der Waals surface area (Å²) in [5, 5.41) is 0. The molecule has 0 heterocycles. The molecule has 0 aromatic heterocycles. The minimum absolute atomic E-state index is 0.0685. The molecule has 1 rings (SSSR count). The maximum absolute atomic E-state index is 12.2. The van der Waals surface area contributed by atoms with Crippen molar-refractivity contribution in [3.8, 4) is 5.75 Å². The first-order valence-corrected chi connectivity index (χ1v) is 9.12. The van der Waals surface area contributed by atoms with Gasteiger partial charge in [0.25, 0.3) is 0 Å². The molecule has 0 saturated heterocycles. The number of likely N-dealkylation sites (N-methyl/N-ethyl adjacent to an activating group) is 2. The van der Waals surface area contributed by atoms with Crippen molar-refractivity contribution < 1.29 is 14.3 Å². The molecule has 0 aliphatic rings. The molecule has 0 saturated carbocycles. The van der Waals surface area contributed by atoms with Crippen LogP contribution in [-0.2, 0) is 4.74 Å². The first-order valence-electron chi connectivity index (χ1n) is 9.12. The summed E-state index contributed by atoms with van der Waals surface area (Å²) in [6, 6.07) is 4.15. The Balaban J connectivity index is 2.48. The summed E-state index contributed by atoms with van der Waals surface area (Å²) in [5.41, 5.74) is 3.47. The average molecular weight is 351 g/mol. The average Bonchev–Trinajstić information content (AvgIpc) is 2.56. The Morgan fingerprint density at radius 1 is 1.12 bits per heavy atom. The molecule has 5 nitrogen and oxygen atoms in total. The van der Waals surface area contributed by atoms with Crippen LogP contribution in [0.25, 0.3) is 0 Å². The Kier molecular flexibility index (Phi) is 8.76. The summed E-state index contributed by atoms with van der Waals surface area (Å²) in [5.74, 6) is 0.903. The van der Waals surface area contributed by atoms with Gasteiger partial charge in [-0.2, -0.15) is 0 Å². The topological polar surface area (TPSA) is 42.0 Å². The number of aryl methyl sites for hydroxylation is 3. The number of carbonyl (C=O) groups is 1. The van der Waals surface area contributed by atoms with Crippen LogP contribution in [0.3, 0.4) is 0 Å². The molecule has 0 spiro atoms. The summed E-state index contributed by atoms with van der Waals surface area (Å²) in [7, 11) is 1.75. The van der Waals surface area contributed by atoms with E-state index in [1.807, 2.05) is 20.8 Å². The van der Waals surface area contributed by atoms with Crippen molar-refractivity contribution in [2.75, 3.05) is 39.9 Å². The van der Waals surface area contributed by atoms with E-state index in [0.717, 1.165) is 36.5 Å². The van der Waals surface area contributed by atoms with Crippen LogP contribution in [0.2, 0.25) is 0 Å². The third-order valence-corrected chi connectivity index (χ3v) is 4.55. The SMILES string of the molecule is CCN(CC)CCOC(=O)N(C)C(C)COc1c(C)cc(C)cc1C. The van der Waals surface area contributed by atoms with Crippen molar-refractivity contribution in [1.29, 1.82) is 0 Å². The second kappa shape index (κ2) is 10.3. The van der Waals surface area contributed by atoms with Gasteiger partial charge in [0.05, 0.1) is 6.04 Å². The lowest BCUT2D eigenvalue weighted by Crippen LogP contribution is -2.40. The zero-order chi connectivity index (χ0) is 19.0. The lowest BCUT2D eigenvalue weighted by Gasteiger charge is -2.26. The Hall–Kier alpha value is -1.75. The molecule has 1 aromatic carbocycles. The fourth-order valence-corrected chi connectivity index (χ4v) is 2.79. The first-order chi connectivity index (χ1) is 11.8. The largest absolute Gasteiger partial charge is 0.491 e. The Bertz CT molecular complexity index is 533. The summed E-state index contributed by atoms with van der Waals surface area (Å²) in [6.45, 7) is 15.9. The number of amides is 1. The van der Waals surface area contributed by atoms with Crippen LogP contribution >= 0.6 is 0 Å². The van der Waals surface area contributed by atoms with Gasteiger partial charge in [-0.15, -0.1) is 0 Å². The van der Waals surface area contributed by atoms with E-state index in [2.05, 4.69) is 37.8 Å². The van der Waals surface area contributed by atoms with Gasteiger partial charge in [-0.3, -0.25) is 0 Å². The van der Waals surface area contributed by atoms with Crippen LogP contribution < -0.4 is 4.74 Å². The number of carbonyl (C=O) groups excluding carboxylic acids is 1. The van der Waals surface area contributed by atoms with E-state index in [-0.39, 0.29) is 12.1 Å². The van der Waals surface area contributed by atoms with Gasteiger partial charge in [0.15, 0.2) is 0 Å². The number of hydrogen-bond donors (Lipinski definition) is 0. The molecule has 0 fully saturated rings. The van der Waals surface area contributed by atoms with E-state index >= 15 is 0 Å². The number of hydrogen-bond acceptors (Lipinski definition) is 4. The second-order valence-electron chi connectivity index (χ2n) is 6.64. The van der Waals surface area contributed by atoms with Crippen LogP contribution in [0.15, 0.2) is 12.1 Å². The van der Waals surface area contributed by atoms with Gasteiger partial charge in [-0.1, -0.05) is 31.5 Å². The summed E-state index contributed by atoms with van der Waals surface area (Å²) < 4.78 is 11.3. The number of benzene rings is 1. The van der Waals surface area contributed by atoms with Crippen LogP contribution in [0.1, 0.15) is 37.5 Å². The highest BCUT2D eigenvalue weighted by Crippen LogP contribution is 2.24. The van der Waals surface area contributed by atoms with Gasteiger partial charge in [-0.25, -0.2) is 4.79 Å². The Morgan fingerprint density at radius 3 is 2.20 bits per heavy atom. The van der Waals surface area contributed by atoms with E-state index in [4.69, 9.17) is 9.47 Å². The minimum Gasteiger partial charge on any atom is -0.491 e. The van der Waals surface area contributed by atoms with Gasteiger partial charge in [0, 0.05) is 13.6 Å². The maximum Gasteiger partial charge on any atom is 0.409 e. The van der Waals surface area contributed by atoms with E-state index < -0.39 is 0 Å². The minimum atomic E-state index is -0.305. The van der Waals surface area contributed by atoms with Crippen molar-refractivity contribution in [2.24, 2.45) is 0 Å². The number of nitrogens with zero attached hydrogens (tertiary/aromatic N) is 2. The number of ether oxygens (including phenoxy) is 2. The van der Waals surface area contributed by atoms with Gasteiger partial charge >= 0.3 is 6.09 Å². The van der Waals surface area contributed by atoms with Crippen LogP contribution in [0, 0.1) is 20.8 Å². The fourth-order valence-electron chi connectivity index (χ4n) is 2.79. The predicted molar refractivity (Wildman–Crippen MR) is 103 cm³/mol. The smallest absolute Gasteiger partial charge is 0.409 e. The lowest BCUT2D eigenvalue weighted by molar-refractivity contribution is 0.0800. The third-order valence-electron chi connectivity index (χ3n) is 4.55. The van der Waals surface area contributed by atoms with Crippen molar-refractivity contribution in [3.63, 3.8) is 0 Å². The van der Waals surface area contributed by atoms with E-state index in [1.54, 1.807) is 11.9 Å². The van der Waals surface area contributed by atoms with Gasteiger partial charge in [0.1, 0.15) is 19.0 Å². The van der Waals surface area contributed by atoms with E-state index in [0.29, 0.717) is 13.2 Å². The van der Waals surface area contributed by atoms with Crippen LogP contribution in [0.5, 0.6) is 5.75 Å². The highest BCUT2D eigenvalue weighted by molar-refractivity contribution is 5.67. The fraction of sp³-hybridized carbons (Fsp3) is 0.650. The monoisotopic (exact) mass is 350 g/mol. The molecule has 1 amide bonds. The maximum atomic E-state index is 12.2. The second-order valence-corrected chi connectivity index (χ2v) is 6.64. The van der Waals surface area contributed by atoms with Gasteiger partial charge in [0.2, 0.25) is 0 Å². The molecule has 1 atom stereocenters. The van der Waals surface area contributed by atoms with Crippen LogP contribution in [0.4, 0.5) is 4.79 Å². The molecule has 0 aliphatic heterocycles. The molecule has 25 heavy (non-hydrogen) atoms. The molecular formula is C20H34N2O3. The Labute approximate surface area is 152 Å². The highest BCUT2D eigenvalue weighted by atomic mass is 16.6. The van der Waals surface area contributed by atoms with E-state index in [9.17, 15) is 4.79 Å². The van der Waals surface area contributed by atoms with Crippen LogP contribution in [-0.4, -0.2) is 61.8 Å². The summed E-state index contributed by atoms with van der Waals surface area (Å²) >= 11 is 0. The molecule has 1 unspecified atom stereocenters. The normalized spacial score (nSPS) is 12.2. The molecule has 142 valence electrons. The van der Waals surface area contributed by atoms with Crippen molar-refractivity contribution >= 4 is 6.09 Å². The van der Waals surface area contributed by atoms with Gasteiger partial charge in [-0.05, 0) is 51.9 Å². The molecule has 0 radical (unpaired) electrons. The zero-order valence-corrected chi connectivity index (χ0v) is 16.9. The first kappa shape index (κ1) is 21.3. The highest BCUT2D eigenvalue weighted by Gasteiger charge is 2.18. The third kappa shape index (κ3) is 6.58. The molecule has 0 aliphatic carbocycles. The van der Waals surface area contributed by atoms with Crippen molar-refractivity contribution in [1.82, 2.24) is 9.80 Å². The van der Waals surface area contributed by atoms with Crippen molar-refractivity contribution in [2.45, 2.75) is 47.6 Å². The summed E-state index contributed by atoms with van der Waals surface area (Å²) in [6.07, 6.45) is -0.305. The molecular weight excluding hydrogens is 316 g/mol. The van der Waals surface area contributed by atoms with Gasteiger partial charge < -0.3 is 19.3 Å².